The molecule has 8 nitrogen and oxygen atoms in total. The molecule has 1 fully saturated rings. The molecule has 2 aromatic carbocycles. The third-order valence-corrected chi connectivity index (χ3v) is 5.63. The number of carbonyl (C=O) groups is 2. The summed E-state index contributed by atoms with van der Waals surface area (Å²) in [5, 5.41) is 6.42. The van der Waals surface area contributed by atoms with Crippen LogP contribution < -0.4 is 10.1 Å². The lowest BCUT2D eigenvalue weighted by molar-refractivity contribution is -0.0375. The minimum atomic E-state index is -1.13. The van der Waals surface area contributed by atoms with Gasteiger partial charge in [0, 0.05) is 24.3 Å². The van der Waals surface area contributed by atoms with Crippen molar-refractivity contribution >= 4 is 22.8 Å². The van der Waals surface area contributed by atoms with E-state index in [1.165, 1.54) is 22.9 Å². The summed E-state index contributed by atoms with van der Waals surface area (Å²) in [7, 11) is 0. The van der Waals surface area contributed by atoms with Gasteiger partial charge in [-0.3, -0.25) is 4.79 Å². The number of hydrogen-bond donors (Lipinski definition) is 1. The standard InChI is InChI=1S/C26H28F3N3O5/c1-26(2,3)37-25(34)30-9-11-35-16-13-18(27)22(19(28)14-16)23(33)15-7-8-20-17(12-15)24(29)31-32(20)21-6-4-5-10-36-21/h7-8,12-14,21H,4-6,9-11H2,1-3H3,(H,30,34). The van der Waals surface area contributed by atoms with Gasteiger partial charge in [-0.25, -0.2) is 18.3 Å². The highest BCUT2D eigenvalue weighted by Gasteiger charge is 2.25. The Labute approximate surface area is 211 Å². The van der Waals surface area contributed by atoms with E-state index in [2.05, 4.69) is 10.4 Å². The molecule has 11 heteroatoms. The third kappa shape index (κ3) is 6.22. The summed E-state index contributed by atoms with van der Waals surface area (Å²) in [6.45, 7) is 5.63. The molecule has 1 unspecified atom stereocenters. The van der Waals surface area contributed by atoms with Crippen LogP contribution in [0.1, 0.15) is 62.2 Å². The summed E-state index contributed by atoms with van der Waals surface area (Å²) in [5.74, 6) is -4.17. The summed E-state index contributed by atoms with van der Waals surface area (Å²) in [6.07, 6.45) is 1.45. The predicted octanol–water partition coefficient (Wildman–Crippen LogP) is 5.29. The van der Waals surface area contributed by atoms with Crippen molar-refractivity contribution in [2.45, 2.75) is 51.9 Å². The molecule has 0 spiro atoms. The van der Waals surface area contributed by atoms with Gasteiger partial charge < -0.3 is 19.5 Å². The van der Waals surface area contributed by atoms with Gasteiger partial charge in [0.15, 0.2) is 12.0 Å². The van der Waals surface area contributed by atoms with Gasteiger partial charge >= 0.3 is 6.09 Å². The van der Waals surface area contributed by atoms with Crippen molar-refractivity contribution in [3.63, 3.8) is 0 Å². The van der Waals surface area contributed by atoms with Crippen molar-refractivity contribution in [1.29, 1.82) is 0 Å². The Morgan fingerprint density at radius 2 is 1.86 bits per heavy atom. The lowest BCUT2D eigenvalue weighted by Gasteiger charge is -2.23. The van der Waals surface area contributed by atoms with E-state index in [1.54, 1.807) is 20.8 Å². The molecule has 0 radical (unpaired) electrons. The maximum Gasteiger partial charge on any atom is 0.407 e. The van der Waals surface area contributed by atoms with Gasteiger partial charge in [0.05, 0.1) is 23.0 Å². The number of benzene rings is 2. The second-order valence-electron chi connectivity index (χ2n) is 9.66. The number of alkyl carbamates (subject to hydrolysis) is 1. The molecular formula is C26H28F3N3O5. The van der Waals surface area contributed by atoms with E-state index in [0.29, 0.717) is 18.5 Å². The second-order valence-corrected chi connectivity index (χ2v) is 9.66. The number of aromatic nitrogens is 2. The number of ether oxygens (including phenoxy) is 3. The Hall–Kier alpha value is -3.60. The average molecular weight is 520 g/mol. The fourth-order valence-corrected chi connectivity index (χ4v) is 4.01. The van der Waals surface area contributed by atoms with Gasteiger partial charge in [-0.15, -0.1) is 5.10 Å². The van der Waals surface area contributed by atoms with E-state index < -0.39 is 46.9 Å². The zero-order valence-electron chi connectivity index (χ0n) is 20.8. The fraction of sp³-hybridized carbons (Fsp3) is 0.423. The number of nitrogens with one attached hydrogen (secondary N) is 1. The summed E-state index contributed by atoms with van der Waals surface area (Å²) in [6, 6.07) is 5.84. The minimum absolute atomic E-state index is 0.0317. The first kappa shape index (κ1) is 26.5. The van der Waals surface area contributed by atoms with Crippen molar-refractivity contribution in [2.24, 2.45) is 0 Å². The number of halogens is 3. The molecule has 2 heterocycles. The SMILES string of the molecule is CC(C)(C)OC(=O)NCCOc1cc(F)c(C(=O)c2ccc3c(c2)c(F)nn3C2CCCCO2)c(F)c1. The van der Waals surface area contributed by atoms with Crippen molar-refractivity contribution in [3.05, 3.63) is 59.0 Å². The van der Waals surface area contributed by atoms with Crippen LogP contribution in [0.2, 0.25) is 0 Å². The third-order valence-electron chi connectivity index (χ3n) is 5.63. The van der Waals surface area contributed by atoms with E-state index in [1.807, 2.05) is 0 Å². The molecule has 3 aromatic rings. The number of fused-ring (bicyclic) bond motifs is 1. The van der Waals surface area contributed by atoms with Crippen LogP contribution in [0.4, 0.5) is 18.0 Å². The highest BCUT2D eigenvalue weighted by molar-refractivity contribution is 6.10. The molecule has 0 aliphatic carbocycles. The molecule has 1 atom stereocenters. The van der Waals surface area contributed by atoms with Gasteiger partial charge in [-0.2, -0.15) is 4.39 Å². The monoisotopic (exact) mass is 519 g/mol. The molecule has 1 aliphatic rings. The Morgan fingerprint density at radius 1 is 1.14 bits per heavy atom. The fourth-order valence-electron chi connectivity index (χ4n) is 4.01. The lowest BCUT2D eigenvalue weighted by atomic mass is 10.0. The van der Waals surface area contributed by atoms with Crippen molar-refractivity contribution in [1.82, 2.24) is 15.1 Å². The highest BCUT2D eigenvalue weighted by atomic mass is 19.1. The molecule has 0 bridgehead atoms. The summed E-state index contributed by atoms with van der Waals surface area (Å²) in [4.78, 5) is 24.6. The Morgan fingerprint density at radius 3 is 2.51 bits per heavy atom. The Balaban J connectivity index is 1.46. The molecule has 0 saturated carbocycles. The van der Waals surface area contributed by atoms with Crippen LogP contribution in [-0.4, -0.2) is 47.0 Å². The molecule has 4 rings (SSSR count). The van der Waals surface area contributed by atoms with Crippen LogP contribution in [0.5, 0.6) is 5.75 Å². The quantitative estimate of drug-likeness (QED) is 0.337. The zero-order chi connectivity index (χ0) is 26.7. The average Bonchev–Trinajstić information content (AvgIpc) is 3.16. The Kier molecular flexibility index (Phi) is 7.72. The number of ketones is 1. The molecule has 1 amide bonds. The van der Waals surface area contributed by atoms with Crippen molar-refractivity contribution in [2.75, 3.05) is 19.8 Å². The molecule has 1 N–H and O–H groups in total. The zero-order valence-corrected chi connectivity index (χ0v) is 20.8. The van der Waals surface area contributed by atoms with Gasteiger partial charge in [-0.05, 0) is 58.2 Å². The van der Waals surface area contributed by atoms with Gasteiger partial charge in [0.1, 0.15) is 29.6 Å². The molecule has 1 aliphatic heterocycles. The van der Waals surface area contributed by atoms with Crippen LogP contribution in [-0.2, 0) is 9.47 Å². The molecule has 1 saturated heterocycles. The topological polar surface area (TPSA) is 91.7 Å². The van der Waals surface area contributed by atoms with Crippen LogP contribution in [0.15, 0.2) is 30.3 Å². The maximum absolute atomic E-state index is 14.8. The Bertz CT molecular complexity index is 1290. The van der Waals surface area contributed by atoms with E-state index in [4.69, 9.17) is 14.2 Å². The normalized spacial score (nSPS) is 16.0. The molecule has 37 heavy (non-hydrogen) atoms. The number of nitrogens with zero attached hydrogens (tertiary/aromatic N) is 2. The van der Waals surface area contributed by atoms with Crippen LogP contribution >= 0.6 is 0 Å². The largest absolute Gasteiger partial charge is 0.492 e. The second kappa shape index (κ2) is 10.8. The minimum Gasteiger partial charge on any atom is -0.492 e. The van der Waals surface area contributed by atoms with Crippen LogP contribution in [0.25, 0.3) is 10.9 Å². The lowest BCUT2D eigenvalue weighted by Crippen LogP contribution is -2.34. The summed E-state index contributed by atoms with van der Waals surface area (Å²) < 4.78 is 61.6. The van der Waals surface area contributed by atoms with Gasteiger partial charge in [0.25, 0.3) is 0 Å². The van der Waals surface area contributed by atoms with Crippen LogP contribution in [0.3, 0.4) is 0 Å². The van der Waals surface area contributed by atoms with E-state index in [-0.39, 0.29) is 29.9 Å². The molecule has 198 valence electrons. The maximum atomic E-state index is 14.8. The first-order valence-electron chi connectivity index (χ1n) is 12.0. The highest BCUT2D eigenvalue weighted by Crippen LogP contribution is 2.30. The summed E-state index contributed by atoms with van der Waals surface area (Å²) >= 11 is 0. The number of hydrogen-bond acceptors (Lipinski definition) is 6. The van der Waals surface area contributed by atoms with E-state index in [9.17, 15) is 22.8 Å². The smallest absolute Gasteiger partial charge is 0.407 e. The van der Waals surface area contributed by atoms with Gasteiger partial charge in [-0.1, -0.05) is 0 Å². The van der Waals surface area contributed by atoms with Crippen LogP contribution in [0, 0.1) is 17.6 Å². The first-order chi connectivity index (χ1) is 17.5. The first-order valence-corrected chi connectivity index (χ1v) is 12.0. The van der Waals surface area contributed by atoms with E-state index in [0.717, 1.165) is 25.0 Å². The molecule has 1 aromatic heterocycles. The number of rotatable bonds is 7. The number of carbonyl (C=O) groups excluding carboxylic acids is 2. The molecular weight excluding hydrogens is 491 g/mol. The predicted molar refractivity (Wildman–Crippen MR) is 128 cm³/mol. The van der Waals surface area contributed by atoms with Crippen molar-refractivity contribution in [3.8, 4) is 5.75 Å². The summed E-state index contributed by atoms with van der Waals surface area (Å²) in [5.41, 5.74) is -1.13. The van der Waals surface area contributed by atoms with Crippen molar-refractivity contribution < 1.29 is 37.0 Å². The van der Waals surface area contributed by atoms with E-state index >= 15 is 0 Å². The van der Waals surface area contributed by atoms with Gasteiger partial charge in [0.2, 0.25) is 5.95 Å². The number of amides is 1.